The van der Waals surface area contributed by atoms with Crippen LogP contribution in [0.2, 0.25) is 0 Å². The van der Waals surface area contributed by atoms with Crippen LogP contribution >= 0.6 is 0 Å². The third-order valence-electron chi connectivity index (χ3n) is 4.48. The largest absolute Gasteiger partial charge is 0.342 e. The Morgan fingerprint density at radius 2 is 2.00 bits per heavy atom. The minimum atomic E-state index is 0.535. The van der Waals surface area contributed by atoms with Crippen molar-refractivity contribution in [1.82, 2.24) is 24.6 Å². The van der Waals surface area contributed by atoms with Crippen molar-refractivity contribution >= 4 is 11.0 Å². The highest BCUT2D eigenvalue weighted by Gasteiger charge is 2.30. The van der Waals surface area contributed by atoms with Crippen molar-refractivity contribution < 1.29 is 0 Å². The summed E-state index contributed by atoms with van der Waals surface area (Å²) < 4.78 is 2.10. The molecule has 3 heterocycles. The number of fused-ring (bicyclic) bond motifs is 1. The van der Waals surface area contributed by atoms with Gasteiger partial charge in [-0.25, -0.2) is 4.98 Å². The Labute approximate surface area is 130 Å². The van der Waals surface area contributed by atoms with Crippen molar-refractivity contribution in [3.05, 3.63) is 47.5 Å². The fourth-order valence-electron chi connectivity index (χ4n) is 3.23. The van der Waals surface area contributed by atoms with E-state index in [1.54, 1.807) is 0 Å². The molecule has 5 nitrogen and oxygen atoms in total. The first-order valence-electron chi connectivity index (χ1n) is 7.87. The number of imidazole rings is 1. The third-order valence-corrected chi connectivity index (χ3v) is 4.48. The van der Waals surface area contributed by atoms with Crippen LogP contribution < -0.4 is 0 Å². The summed E-state index contributed by atoms with van der Waals surface area (Å²) in [5.74, 6) is 1.66. The van der Waals surface area contributed by atoms with Gasteiger partial charge in [0.15, 0.2) is 0 Å². The Balaban J connectivity index is 1.35. The van der Waals surface area contributed by atoms with Crippen LogP contribution in [0.1, 0.15) is 23.1 Å². The first kappa shape index (κ1) is 13.5. The summed E-state index contributed by atoms with van der Waals surface area (Å²) in [6.45, 7) is 8.35. The van der Waals surface area contributed by atoms with Crippen molar-refractivity contribution in [3.8, 4) is 0 Å². The maximum Gasteiger partial charge on any atom is 0.112 e. The summed E-state index contributed by atoms with van der Waals surface area (Å²) in [5, 5.41) is 4.52. The molecule has 1 N–H and O–H groups in total. The van der Waals surface area contributed by atoms with Crippen LogP contribution in [0.15, 0.2) is 30.3 Å². The lowest BCUT2D eigenvalue weighted by molar-refractivity contribution is 0.136. The zero-order chi connectivity index (χ0) is 15.1. The molecule has 0 amide bonds. The number of hydrogen-bond acceptors (Lipinski definition) is 3. The van der Waals surface area contributed by atoms with Crippen molar-refractivity contribution in [1.29, 1.82) is 0 Å². The Morgan fingerprint density at radius 3 is 2.73 bits per heavy atom. The molecule has 0 atom stereocenters. The monoisotopic (exact) mass is 295 g/mol. The smallest absolute Gasteiger partial charge is 0.112 e. The quantitative estimate of drug-likeness (QED) is 0.804. The standard InChI is InChI=1S/C17H21N5/c1-12-9-13(2)22(20-12)8-7-21-10-14(11-21)17-18-15-5-3-4-6-16(15)19-17/h3-6,9,14H,7-8,10-11H2,1-2H3,(H,18,19). The number of H-pyrrole nitrogens is 1. The van der Waals surface area contributed by atoms with Gasteiger partial charge in [-0.1, -0.05) is 12.1 Å². The van der Waals surface area contributed by atoms with Gasteiger partial charge in [0.25, 0.3) is 0 Å². The summed E-state index contributed by atoms with van der Waals surface area (Å²) >= 11 is 0. The van der Waals surface area contributed by atoms with Gasteiger partial charge in [-0.2, -0.15) is 5.10 Å². The van der Waals surface area contributed by atoms with Gasteiger partial charge in [0.05, 0.1) is 23.3 Å². The summed E-state index contributed by atoms with van der Waals surface area (Å²) in [6, 6.07) is 10.4. The van der Waals surface area contributed by atoms with Crippen LogP contribution in [0, 0.1) is 13.8 Å². The molecular weight excluding hydrogens is 274 g/mol. The summed E-state index contributed by atoms with van der Waals surface area (Å²) in [7, 11) is 0. The second-order valence-electron chi connectivity index (χ2n) is 6.25. The predicted molar refractivity (Wildman–Crippen MR) is 87.0 cm³/mol. The Hall–Kier alpha value is -2.14. The van der Waals surface area contributed by atoms with Crippen LogP contribution in [0.5, 0.6) is 0 Å². The van der Waals surface area contributed by atoms with Crippen LogP contribution in [0.4, 0.5) is 0 Å². The predicted octanol–water partition coefficient (Wildman–Crippen LogP) is 2.48. The molecule has 0 spiro atoms. The minimum Gasteiger partial charge on any atom is -0.342 e. The van der Waals surface area contributed by atoms with Crippen molar-refractivity contribution in [2.24, 2.45) is 0 Å². The van der Waals surface area contributed by atoms with E-state index in [1.807, 2.05) is 19.1 Å². The molecule has 1 aromatic carbocycles. The lowest BCUT2D eigenvalue weighted by atomic mass is 10.00. The molecule has 2 aromatic heterocycles. The highest BCUT2D eigenvalue weighted by molar-refractivity contribution is 5.74. The number of nitrogens with one attached hydrogen (secondary N) is 1. The zero-order valence-electron chi connectivity index (χ0n) is 13.1. The summed E-state index contributed by atoms with van der Waals surface area (Å²) in [4.78, 5) is 10.6. The first-order valence-corrected chi connectivity index (χ1v) is 7.87. The third kappa shape index (κ3) is 2.41. The molecule has 22 heavy (non-hydrogen) atoms. The van der Waals surface area contributed by atoms with Gasteiger partial charge < -0.3 is 4.98 Å². The van der Waals surface area contributed by atoms with Gasteiger partial charge >= 0.3 is 0 Å². The second-order valence-corrected chi connectivity index (χ2v) is 6.25. The molecule has 5 heteroatoms. The zero-order valence-corrected chi connectivity index (χ0v) is 13.1. The Morgan fingerprint density at radius 1 is 1.18 bits per heavy atom. The van der Waals surface area contributed by atoms with Crippen LogP contribution in [-0.4, -0.2) is 44.3 Å². The molecule has 3 aromatic rings. The van der Waals surface area contributed by atoms with E-state index in [9.17, 15) is 0 Å². The SMILES string of the molecule is Cc1cc(C)n(CCN2CC(c3nc4ccccc4[nH]3)C2)n1. The molecule has 1 saturated heterocycles. The molecule has 0 radical (unpaired) electrons. The molecule has 1 aliphatic heterocycles. The van der Waals surface area contributed by atoms with Crippen LogP contribution in [0.3, 0.4) is 0 Å². The lowest BCUT2D eigenvalue weighted by Crippen LogP contribution is -2.46. The second kappa shape index (κ2) is 5.25. The Kier molecular flexibility index (Phi) is 3.22. The highest BCUT2D eigenvalue weighted by atomic mass is 15.3. The van der Waals surface area contributed by atoms with E-state index in [-0.39, 0.29) is 0 Å². The molecule has 4 rings (SSSR count). The number of likely N-dealkylation sites (tertiary alicyclic amines) is 1. The van der Waals surface area contributed by atoms with E-state index < -0.39 is 0 Å². The molecule has 1 fully saturated rings. The van der Waals surface area contributed by atoms with E-state index in [1.165, 1.54) is 5.69 Å². The number of benzene rings is 1. The van der Waals surface area contributed by atoms with Crippen LogP contribution in [-0.2, 0) is 6.54 Å². The van der Waals surface area contributed by atoms with Gasteiger partial charge in [0, 0.05) is 31.2 Å². The molecular formula is C17H21N5. The normalized spacial score (nSPS) is 16.3. The van der Waals surface area contributed by atoms with Gasteiger partial charge in [0.1, 0.15) is 5.82 Å². The van der Waals surface area contributed by atoms with E-state index in [2.05, 4.69) is 44.8 Å². The molecule has 0 unspecified atom stereocenters. The molecule has 0 aliphatic carbocycles. The highest BCUT2D eigenvalue weighted by Crippen LogP contribution is 2.26. The van der Waals surface area contributed by atoms with Crippen molar-refractivity contribution in [2.45, 2.75) is 26.3 Å². The number of para-hydroxylation sites is 2. The number of aromatic amines is 1. The van der Waals surface area contributed by atoms with E-state index in [4.69, 9.17) is 4.98 Å². The van der Waals surface area contributed by atoms with Crippen LogP contribution in [0.25, 0.3) is 11.0 Å². The van der Waals surface area contributed by atoms with Gasteiger partial charge in [-0.3, -0.25) is 9.58 Å². The molecule has 1 aliphatic rings. The number of aryl methyl sites for hydroxylation is 2. The fraction of sp³-hybridized carbons (Fsp3) is 0.412. The topological polar surface area (TPSA) is 49.7 Å². The molecule has 0 saturated carbocycles. The maximum absolute atomic E-state index is 4.71. The first-order chi connectivity index (χ1) is 10.7. The molecule has 114 valence electrons. The van der Waals surface area contributed by atoms with E-state index in [0.29, 0.717) is 5.92 Å². The number of nitrogens with zero attached hydrogens (tertiary/aromatic N) is 4. The minimum absolute atomic E-state index is 0.535. The number of hydrogen-bond donors (Lipinski definition) is 1. The fourth-order valence-corrected chi connectivity index (χ4v) is 3.23. The van der Waals surface area contributed by atoms with Gasteiger partial charge in [-0.05, 0) is 32.0 Å². The average molecular weight is 295 g/mol. The van der Waals surface area contributed by atoms with Gasteiger partial charge in [-0.15, -0.1) is 0 Å². The van der Waals surface area contributed by atoms with E-state index >= 15 is 0 Å². The van der Waals surface area contributed by atoms with Crippen molar-refractivity contribution in [3.63, 3.8) is 0 Å². The number of rotatable bonds is 4. The summed E-state index contributed by atoms with van der Waals surface area (Å²) in [6.07, 6.45) is 0. The van der Waals surface area contributed by atoms with E-state index in [0.717, 1.165) is 48.7 Å². The average Bonchev–Trinajstić information content (AvgIpc) is 3.00. The maximum atomic E-state index is 4.71. The Bertz CT molecular complexity index is 761. The van der Waals surface area contributed by atoms with Crippen molar-refractivity contribution in [2.75, 3.05) is 19.6 Å². The van der Waals surface area contributed by atoms with Gasteiger partial charge in [0.2, 0.25) is 0 Å². The summed E-state index contributed by atoms with van der Waals surface area (Å²) in [5.41, 5.74) is 4.55. The molecule has 0 bridgehead atoms. The number of aromatic nitrogens is 4. The lowest BCUT2D eigenvalue weighted by Gasteiger charge is -2.38.